The molecule has 0 aromatic heterocycles. The first-order chi connectivity index (χ1) is 8.84. The van der Waals surface area contributed by atoms with Crippen LogP contribution in [0.25, 0.3) is 0 Å². The number of carboxylic acids is 1. The van der Waals surface area contributed by atoms with Crippen molar-refractivity contribution in [2.24, 2.45) is 17.3 Å². The van der Waals surface area contributed by atoms with Crippen LogP contribution in [0.2, 0.25) is 0 Å². The maximum absolute atomic E-state index is 11.7. The molecule has 1 saturated carbocycles. The Morgan fingerprint density at radius 2 is 1.84 bits per heavy atom. The van der Waals surface area contributed by atoms with E-state index in [2.05, 4.69) is 31.4 Å². The van der Waals surface area contributed by atoms with Gasteiger partial charge in [-0.25, -0.2) is 4.79 Å². The summed E-state index contributed by atoms with van der Waals surface area (Å²) in [6.07, 6.45) is 2.99. The van der Waals surface area contributed by atoms with Gasteiger partial charge in [0.1, 0.15) is 0 Å². The highest BCUT2D eigenvalue weighted by Crippen LogP contribution is 2.43. The smallest absolute Gasteiger partial charge is 0.314 e. The van der Waals surface area contributed by atoms with Crippen LogP contribution in [-0.2, 0) is 4.79 Å². The maximum Gasteiger partial charge on any atom is 0.314 e. The molecule has 0 aromatic carbocycles. The molecule has 3 N–H and O–H groups in total. The summed E-state index contributed by atoms with van der Waals surface area (Å²) in [7, 11) is 0. The molecule has 0 bridgehead atoms. The van der Waals surface area contributed by atoms with Crippen LogP contribution in [0.3, 0.4) is 0 Å². The number of hydrogen-bond acceptors (Lipinski definition) is 2. The number of aliphatic carboxylic acids is 1. The number of carbonyl (C=O) groups excluding carboxylic acids is 1. The fourth-order valence-corrected chi connectivity index (χ4v) is 2.23. The zero-order valence-corrected chi connectivity index (χ0v) is 12.2. The van der Waals surface area contributed by atoms with E-state index in [1.807, 2.05) is 0 Å². The fourth-order valence-electron chi connectivity index (χ4n) is 2.23. The van der Waals surface area contributed by atoms with E-state index in [4.69, 9.17) is 5.11 Å². The lowest BCUT2D eigenvalue weighted by Crippen LogP contribution is -2.47. The molecule has 0 radical (unpaired) electrons. The minimum atomic E-state index is -0.782. The van der Waals surface area contributed by atoms with Crippen LogP contribution in [0.15, 0.2) is 0 Å². The summed E-state index contributed by atoms with van der Waals surface area (Å²) in [5.74, 6) is 0.183. The predicted molar refractivity (Wildman–Crippen MR) is 73.9 cm³/mol. The SMILES string of the molecule is CC(C)C(C)CNC(=O)NCC1(CC(=O)O)CCC1. The van der Waals surface area contributed by atoms with Crippen molar-refractivity contribution in [2.75, 3.05) is 13.1 Å². The highest BCUT2D eigenvalue weighted by atomic mass is 16.4. The Morgan fingerprint density at radius 1 is 1.21 bits per heavy atom. The number of carboxylic acid groups (broad SMARTS) is 1. The van der Waals surface area contributed by atoms with E-state index in [1.54, 1.807) is 0 Å². The molecule has 0 spiro atoms. The van der Waals surface area contributed by atoms with Gasteiger partial charge in [0.05, 0.1) is 6.42 Å². The van der Waals surface area contributed by atoms with Gasteiger partial charge in [0.15, 0.2) is 0 Å². The molecule has 1 fully saturated rings. The van der Waals surface area contributed by atoms with Crippen LogP contribution in [0.1, 0.15) is 46.5 Å². The Labute approximate surface area is 115 Å². The summed E-state index contributed by atoms with van der Waals surface area (Å²) < 4.78 is 0. The first kappa shape index (κ1) is 15.8. The van der Waals surface area contributed by atoms with Gasteiger partial charge in [0, 0.05) is 13.1 Å². The Morgan fingerprint density at radius 3 is 2.26 bits per heavy atom. The Kier molecular flexibility index (Phi) is 5.63. The van der Waals surface area contributed by atoms with Crippen LogP contribution in [0.5, 0.6) is 0 Å². The molecule has 110 valence electrons. The van der Waals surface area contributed by atoms with Gasteiger partial charge in [-0.3, -0.25) is 4.79 Å². The van der Waals surface area contributed by atoms with Gasteiger partial charge in [-0.05, 0) is 30.1 Å². The highest BCUT2D eigenvalue weighted by Gasteiger charge is 2.39. The third-order valence-electron chi connectivity index (χ3n) is 4.29. The molecule has 2 amide bonds. The predicted octanol–water partition coefficient (Wildman–Crippen LogP) is 2.22. The van der Waals surface area contributed by atoms with E-state index in [0.717, 1.165) is 19.3 Å². The number of rotatable bonds is 7. The number of urea groups is 1. The summed E-state index contributed by atoms with van der Waals surface area (Å²) in [6.45, 7) is 7.46. The van der Waals surface area contributed by atoms with Crippen molar-refractivity contribution in [1.29, 1.82) is 0 Å². The minimum absolute atomic E-state index is 0.148. The van der Waals surface area contributed by atoms with Crippen LogP contribution in [0.4, 0.5) is 4.79 Å². The number of amides is 2. The van der Waals surface area contributed by atoms with E-state index in [-0.39, 0.29) is 17.9 Å². The lowest BCUT2D eigenvalue weighted by molar-refractivity contribution is -0.141. The van der Waals surface area contributed by atoms with E-state index in [0.29, 0.717) is 24.9 Å². The maximum atomic E-state index is 11.7. The minimum Gasteiger partial charge on any atom is -0.481 e. The summed E-state index contributed by atoms with van der Waals surface area (Å²) in [5, 5.41) is 14.5. The van der Waals surface area contributed by atoms with Gasteiger partial charge < -0.3 is 15.7 Å². The molecule has 5 heteroatoms. The van der Waals surface area contributed by atoms with Gasteiger partial charge in [-0.1, -0.05) is 27.2 Å². The molecule has 0 aliphatic heterocycles. The molecule has 1 unspecified atom stereocenters. The molecule has 1 aliphatic carbocycles. The third-order valence-corrected chi connectivity index (χ3v) is 4.29. The normalized spacial score (nSPS) is 18.5. The van der Waals surface area contributed by atoms with Crippen LogP contribution in [-0.4, -0.2) is 30.2 Å². The second kappa shape index (κ2) is 6.78. The van der Waals surface area contributed by atoms with Crippen molar-refractivity contribution >= 4 is 12.0 Å². The van der Waals surface area contributed by atoms with E-state index >= 15 is 0 Å². The Hall–Kier alpha value is -1.26. The largest absolute Gasteiger partial charge is 0.481 e. The van der Waals surface area contributed by atoms with Crippen LogP contribution in [0, 0.1) is 17.3 Å². The second-order valence-corrected chi connectivity index (χ2v) is 6.21. The first-order valence-corrected chi connectivity index (χ1v) is 7.08. The molecule has 1 aliphatic rings. The van der Waals surface area contributed by atoms with Crippen molar-refractivity contribution in [2.45, 2.75) is 46.5 Å². The van der Waals surface area contributed by atoms with Crippen molar-refractivity contribution in [3.05, 3.63) is 0 Å². The summed E-state index contributed by atoms with van der Waals surface area (Å²) in [5.41, 5.74) is -0.215. The summed E-state index contributed by atoms with van der Waals surface area (Å²) in [4.78, 5) is 22.5. The lowest BCUT2D eigenvalue weighted by Gasteiger charge is -2.40. The molecule has 1 atom stereocenters. The molecule has 1 rings (SSSR count). The molecule has 5 nitrogen and oxygen atoms in total. The third kappa shape index (κ3) is 5.09. The van der Waals surface area contributed by atoms with Gasteiger partial charge in [-0.2, -0.15) is 0 Å². The van der Waals surface area contributed by atoms with Gasteiger partial charge >= 0.3 is 12.0 Å². The van der Waals surface area contributed by atoms with Crippen molar-refractivity contribution < 1.29 is 14.7 Å². The number of hydrogen-bond donors (Lipinski definition) is 3. The molecular weight excluding hydrogens is 244 g/mol. The average Bonchev–Trinajstić information content (AvgIpc) is 2.28. The van der Waals surface area contributed by atoms with Crippen LogP contribution >= 0.6 is 0 Å². The number of carbonyl (C=O) groups is 2. The van der Waals surface area contributed by atoms with Crippen molar-refractivity contribution in [1.82, 2.24) is 10.6 Å². The topological polar surface area (TPSA) is 78.4 Å². The molecule has 0 aromatic rings. The zero-order chi connectivity index (χ0) is 14.5. The van der Waals surface area contributed by atoms with Crippen molar-refractivity contribution in [3.63, 3.8) is 0 Å². The van der Waals surface area contributed by atoms with Gasteiger partial charge in [0.25, 0.3) is 0 Å². The standard InChI is InChI=1S/C14H26N2O3/c1-10(2)11(3)8-15-13(19)16-9-14(5-4-6-14)7-12(17)18/h10-11H,4-9H2,1-3H3,(H,17,18)(H2,15,16,19). The summed E-state index contributed by atoms with van der Waals surface area (Å²) in [6, 6.07) is -0.191. The number of nitrogens with one attached hydrogen (secondary N) is 2. The van der Waals surface area contributed by atoms with E-state index in [9.17, 15) is 9.59 Å². The van der Waals surface area contributed by atoms with E-state index in [1.165, 1.54) is 0 Å². The molecule has 0 saturated heterocycles. The van der Waals surface area contributed by atoms with Gasteiger partial charge in [-0.15, -0.1) is 0 Å². The average molecular weight is 270 g/mol. The fraction of sp³-hybridized carbons (Fsp3) is 0.857. The van der Waals surface area contributed by atoms with Gasteiger partial charge in [0.2, 0.25) is 0 Å². The Balaban J connectivity index is 2.27. The second-order valence-electron chi connectivity index (χ2n) is 6.21. The first-order valence-electron chi connectivity index (χ1n) is 7.08. The van der Waals surface area contributed by atoms with E-state index < -0.39 is 5.97 Å². The monoisotopic (exact) mass is 270 g/mol. The Bertz CT molecular complexity index is 325. The molecular formula is C14H26N2O3. The van der Waals surface area contributed by atoms with Crippen molar-refractivity contribution in [3.8, 4) is 0 Å². The highest BCUT2D eigenvalue weighted by molar-refractivity contribution is 5.74. The molecule has 0 heterocycles. The summed E-state index contributed by atoms with van der Waals surface area (Å²) >= 11 is 0. The quantitative estimate of drug-likeness (QED) is 0.663. The molecule has 19 heavy (non-hydrogen) atoms. The lowest BCUT2D eigenvalue weighted by atomic mass is 9.66. The zero-order valence-electron chi connectivity index (χ0n) is 12.2. The van der Waals surface area contributed by atoms with Crippen LogP contribution < -0.4 is 10.6 Å².